The van der Waals surface area contributed by atoms with E-state index in [-0.39, 0.29) is 22.8 Å². The lowest BCUT2D eigenvalue weighted by Crippen LogP contribution is -2.31. The van der Waals surface area contributed by atoms with Crippen LogP contribution in [0.15, 0.2) is 23.1 Å². The van der Waals surface area contributed by atoms with Crippen molar-refractivity contribution in [2.75, 3.05) is 18.4 Å². The molecule has 5 nitrogen and oxygen atoms in total. The number of carbonyl (C=O) groups is 1. The number of nitrogens with zero attached hydrogens (tertiary/aromatic N) is 1. The van der Waals surface area contributed by atoms with E-state index in [1.54, 1.807) is 16.8 Å². The Labute approximate surface area is 124 Å². The van der Waals surface area contributed by atoms with Crippen molar-refractivity contribution in [1.29, 1.82) is 0 Å². The van der Waals surface area contributed by atoms with Gasteiger partial charge in [-0.3, -0.25) is 9.59 Å². The summed E-state index contributed by atoms with van der Waals surface area (Å²) in [6, 6.07) is 3.22. The van der Waals surface area contributed by atoms with Gasteiger partial charge in [-0.25, -0.2) is 0 Å². The van der Waals surface area contributed by atoms with E-state index in [1.807, 2.05) is 6.92 Å². The van der Waals surface area contributed by atoms with E-state index in [4.69, 9.17) is 0 Å². The largest absolute Gasteiger partial charge is 0.325 e. The van der Waals surface area contributed by atoms with Crippen molar-refractivity contribution in [2.24, 2.45) is 11.3 Å². The SMILES string of the molecule is CCCn1cc(NC(=O)C2CC23CCNCC3)ccc1=O. The van der Waals surface area contributed by atoms with Gasteiger partial charge in [0.25, 0.3) is 5.56 Å². The van der Waals surface area contributed by atoms with Crippen molar-refractivity contribution < 1.29 is 4.79 Å². The number of aryl methyl sites for hydroxylation is 1. The number of piperidine rings is 1. The number of anilines is 1. The highest BCUT2D eigenvalue weighted by Gasteiger charge is 2.57. The lowest BCUT2D eigenvalue weighted by Gasteiger charge is -2.23. The van der Waals surface area contributed by atoms with Crippen LogP contribution < -0.4 is 16.2 Å². The quantitative estimate of drug-likeness (QED) is 0.884. The molecule has 1 saturated heterocycles. The molecular weight excluding hydrogens is 266 g/mol. The minimum Gasteiger partial charge on any atom is -0.325 e. The first-order valence-electron chi connectivity index (χ1n) is 7.87. The monoisotopic (exact) mass is 289 g/mol. The first kappa shape index (κ1) is 14.3. The van der Waals surface area contributed by atoms with Gasteiger partial charge in [-0.15, -0.1) is 0 Å². The first-order valence-corrected chi connectivity index (χ1v) is 7.87. The fraction of sp³-hybridized carbons (Fsp3) is 0.625. The first-order chi connectivity index (χ1) is 10.1. The molecule has 2 fully saturated rings. The summed E-state index contributed by atoms with van der Waals surface area (Å²) in [5.74, 6) is 0.254. The van der Waals surface area contributed by atoms with Gasteiger partial charge in [0.15, 0.2) is 0 Å². The summed E-state index contributed by atoms with van der Waals surface area (Å²) in [5.41, 5.74) is 0.952. The Bertz CT molecular complexity index is 587. The lowest BCUT2D eigenvalue weighted by molar-refractivity contribution is -0.118. The van der Waals surface area contributed by atoms with E-state index < -0.39 is 0 Å². The molecule has 1 spiro atoms. The number of aromatic nitrogens is 1. The maximum absolute atomic E-state index is 12.4. The normalized spacial score (nSPS) is 23.0. The summed E-state index contributed by atoms with van der Waals surface area (Å²) in [6.45, 7) is 4.75. The van der Waals surface area contributed by atoms with E-state index in [2.05, 4.69) is 10.6 Å². The molecule has 1 atom stereocenters. The Balaban J connectivity index is 1.66. The third-order valence-electron chi connectivity index (χ3n) is 4.82. The van der Waals surface area contributed by atoms with Gasteiger partial charge in [-0.1, -0.05) is 6.92 Å². The number of hydrogen-bond acceptors (Lipinski definition) is 3. The van der Waals surface area contributed by atoms with Crippen LogP contribution in [0.3, 0.4) is 0 Å². The van der Waals surface area contributed by atoms with Crippen LogP contribution >= 0.6 is 0 Å². The molecule has 1 unspecified atom stereocenters. The fourth-order valence-electron chi connectivity index (χ4n) is 3.45. The standard InChI is InChI=1S/C16H23N3O2/c1-2-9-19-11-12(3-4-14(19)20)18-15(21)13-10-16(13)5-7-17-8-6-16/h3-4,11,13,17H,2,5-10H2,1H3,(H,18,21). The highest BCUT2D eigenvalue weighted by molar-refractivity contribution is 5.95. The molecule has 1 aromatic heterocycles. The van der Waals surface area contributed by atoms with Gasteiger partial charge in [0.05, 0.1) is 5.69 Å². The maximum Gasteiger partial charge on any atom is 0.250 e. The van der Waals surface area contributed by atoms with Crippen molar-refractivity contribution in [3.05, 3.63) is 28.7 Å². The molecule has 0 bridgehead atoms. The molecule has 1 aromatic rings. The summed E-state index contributed by atoms with van der Waals surface area (Å²) >= 11 is 0. The molecule has 2 heterocycles. The Morgan fingerprint density at radius 2 is 2.19 bits per heavy atom. The van der Waals surface area contributed by atoms with Crippen LogP contribution in [0.2, 0.25) is 0 Å². The predicted octanol–water partition coefficient (Wildman–Crippen LogP) is 1.59. The minimum absolute atomic E-state index is 0.0175. The molecule has 2 aliphatic rings. The van der Waals surface area contributed by atoms with Crippen LogP contribution in [0, 0.1) is 11.3 Å². The van der Waals surface area contributed by atoms with Crippen molar-refractivity contribution in [2.45, 2.75) is 39.2 Å². The van der Waals surface area contributed by atoms with E-state index >= 15 is 0 Å². The summed E-state index contributed by atoms with van der Waals surface area (Å²) in [5, 5.41) is 6.33. The average molecular weight is 289 g/mol. The Morgan fingerprint density at radius 3 is 2.90 bits per heavy atom. The Morgan fingerprint density at radius 1 is 1.43 bits per heavy atom. The molecule has 1 aliphatic carbocycles. The van der Waals surface area contributed by atoms with Gasteiger partial charge < -0.3 is 15.2 Å². The molecule has 114 valence electrons. The number of carbonyl (C=O) groups excluding carboxylic acids is 1. The maximum atomic E-state index is 12.4. The summed E-state index contributed by atoms with van der Waals surface area (Å²) < 4.78 is 1.66. The second kappa shape index (κ2) is 5.64. The molecule has 21 heavy (non-hydrogen) atoms. The zero-order chi connectivity index (χ0) is 14.9. The lowest BCUT2D eigenvalue weighted by atomic mass is 9.92. The molecule has 1 saturated carbocycles. The van der Waals surface area contributed by atoms with Gasteiger partial charge in [0.2, 0.25) is 5.91 Å². The van der Waals surface area contributed by atoms with Gasteiger partial charge in [0, 0.05) is 24.7 Å². The third kappa shape index (κ3) is 2.88. The highest BCUT2D eigenvalue weighted by Crippen LogP contribution is 2.58. The average Bonchev–Trinajstić information content (AvgIpc) is 3.17. The smallest absolute Gasteiger partial charge is 0.250 e. The van der Waals surface area contributed by atoms with E-state index in [0.29, 0.717) is 6.54 Å². The number of nitrogens with one attached hydrogen (secondary N) is 2. The zero-order valence-corrected chi connectivity index (χ0v) is 12.5. The zero-order valence-electron chi connectivity index (χ0n) is 12.5. The number of pyridine rings is 1. The molecule has 1 amide bonds. The molecular formula is C16H23N3O2. The molecule has 0 radical (unpaired) electrons. The summed E-state index contributed by atoms with van der Waals surface area (Å²) in [7, 11) is 0. The van der Waals surface area contributed by atoms with Crippen LogP contribution in [0.1, 0.15) is 32.6 Å². The van der Waals surface area contributed by atoms with Gasteiger partial charge >= 0.3 is 0 Å². The summed E-state index contributed by atoms with van der Waals surface area (Å²) in [4.78, 5) is 24.1. The minimum atomic E-state index is -0.0175. The second-order valence-electron chi connectivity index (χ2n) is 6.31. The van der Waals surface area contributed by atoms with Crippen LogP contribution in [0.5, 0.6) is 0 Å². The van der Waals surface area contributed by atoms with Gasteiger partial charge in [-0.05, 0) is 50.3 Å². The molecule has 1 aliphatic heterocycles. The van der Waals surface area contributed by atoms with Crippen molar-refractivity contribution in [3.63, 3.8) is 0 Å². The van der Waals surface area contributed by atoms with Gasteiger partial charge in [0.1, 0.15) is 0 Å². The third-order valence-corrected chi connectivity index (χ3v) is 4.82. The topological polar surface area (TPSA) is 63.1 Å². The van der Waals surface area contributed by atoms with Crippen molar-refractivity contribution in [3.8, 4) is 0 Å². The molecule has 0 aromatic carbocycles. The van der Waals surface area contributed by atoms with Gasteiger partial charge in [-0.2, -0.15) is 0 Å². The molecule has 3 rings (SSSR count). The molecule has 5 heteroatoms. The number of amides is 1. The van der Waals surface area contributed by atoms with Crippen molar-refractivity contribution >= 4 is 11.6 Å². The van der Waals surface area contributed by atoms with Crippen LogP contribution in [0.25, 0.3) is 0 Å². The fourth-order valence-corrected chi connectivity index (χ4v) is 3.45. The van der Waals surface area contributed by atoms with Crippen LogP contribution in [0.4, 0.5) is 5.69 Å². The predicted molar refractivity (Wildman–Crippen MR) is 82.3 cm³/mol. The van der Waals surface area contributed by atoms with E-state index in [9.17, 15) is 9.59 Å². The summed E-state index contributed by atoms with van der Waals surface area (Å²) in [6.07, 6.45) is 5.85. The highest BCUT2D eigenvalue weighted by atomic mass is 16.2. The Kier molecular flexibility index (Phi) is 3.85. The van der Waals surface area contributed by atoms with Crippen molar-refractivity contribution in [1.82, 2.24) is 9.88 Å². The number of hydrogen-bond donors (Lipinski definition) is 2. The van der Waals surface area contributed by atoms with Crippen LogP contribution in [-0.2, 0) is 11.3 Å². The molecule has 2 N–H and O–H groups in total. The number of rotatable bonds is 4. The van der Waals surface area contributed by atoms with E-state index in [0.717, 1.165) is 44.5 Å². The Hall–Kier alpha value is -1.62. The van der Waals surface area contributed by atoms with E-state index in [1.165, 1.54) is 6.07 Å². The second-order valence-corrected chi connectivity index (χ2v) is 6.31. The van der Waals surface area contributed by atoms with Crippen LogP contribution in [-0.4, -0.2) is 23.6 Å².